The maximum Gasteiger partial charge on any atom is 0.319 e. The number of alkyl halides is 1. The Morgan fingerprint density at radius 1 is 1.13 bits per heavy atom. The van der Waals surface area contributed by atoms with Gasteiger partial charge in [-0.3, -0.25) is 9.69 Å². The van der Waals surface area contributed by atoms with Gasteiger partial charge in [0.1, 0.15) is 24.2 Å². The van der Waals surface area contributed by atoms with Crippen molar-refractivity contribution >= 4 is 56.0 Å². The summed E-state index contributed by atoms with van der Waals surface area (Å²) >= 11 is 6.74. The van der Waals surface area contributed by atoms with E-state index in [2.05, 4.69) is 12.6 Å². The number of carbonyl (C=O) groups excluding carboxylic acids is 1. The SMILES string of the molecule is C=C(F)C(=O)N1CCN(c2nc(OC[C@@H]3C[C@@H](F)CN3C)nc3cc(-c4cccc5cccc(Cl)c45)c4ccoc4c23)C[C@@H]1CC#N. The number of piperazine rings is 1. The average Bonchev–Trinajstić information content (AvgIpc) is 3.68. The zero-order valence-electron chi connectivity index (χ0n) is 25.6. The van der Waals surface area contributed by atoms with Crippen LogP contribution in [0.5, 0.6) is 6.01 Å². The third-order valence-corrected chi connectivity index (χ3v) is 9.46. The lowest BCUT2D eigenvalue weighted by molar-refractivity contribution is -0.131. The summed E-state index contributed by atoms with van der Waals surface area (Å²) in [7, 11) is 1.86. The third kappa shape index (κ3) is 5.62. The summed E-state index contributed by atoms with van der Waals surface area (Å²) in [4.78, 5) is 27.5. The van der Waals surface area contributed by atoms with Gasteiger partial charge in [0.25, 0.3) is 5.91 Å². The molecule has 9 nitrogen and oxygen atoms in total. The number of hydrogen-bond acceptors (Lipinski definition) is 8. The topological polar surface area (TPSA) is 98.7 Å². The molecule has 0 bridgehead atoms. The zero-order valence-corrected chi connectivity index (χ0v) is 26.4. The van der Waals surface area contributed by atoms with Gasteiger partial charge in [-0.25, -0.2) is 8.78 Å². The van der Waals surface area contributed by atoms with E-state index in [4.69, 9.17) is 30.7 Å². The van der Waals surface area contributed by atoms with Gasteiger partial charge in [0.15, 0.2) is 5.83 Å². The van der Waals surface area contributed by atoms with Crippen LogP contribution in [0.25, 0.3) is 43.8 Å². The third-order valence-electron chi connectivity index (χ3n) is 9.15. The first kappa shape index (κ1) is 30.8. The fourth-order valence-corrected chi connectivity index (χ4v) is 7.14. The Balaban J connectivity index is 1.38. The molecule has 2 aliphatic rings. The van der Waals surface area contributed by atoms with Gasteiger partial charge in [0, 0.05) is 48.0 Å². The summed E-state index contributed by atoms with van der Waals surface area (Å²) in [6, 6.07) is 17.1. The Labute approximate surface area is 274 Å². The lowest BCUT2D eigenvalue weighted by Gasteiger charge is -2.41. The van der Waals surface area contributed by atoms with Crippen molar-refractivity contribution in [2.24, 2.45) is 0 Å². The summed E-state index contributed by atoms with van der Waals surface area (Å²) in [6.07, 6.45) is 1.02. The summed E-state index contributed by atoms with van der Waals surface area (Å²) < 4.78 is 40.3. The van der Waals surface area contributed by atoms with Crippen LogP contribution in [-0.4, -0.2) is 83.8 Å². The molecule has 240 valence electrons. The van der Waals surface area contributed by atoms with E-state index < -0.39 is 23.9 Å². The van der Waals surface area contributed by atoms with E-state index >= 15 is 0 Å². The molecule has 47 heavy (non-hydrogen) atoms. The molecule has 3 atom stereocenters. The maximum atomic E-state index is 14.1. The molecule has 7 rings (SSSR count). The quantitative estimate of drug-likeness (QED) is 0.179. The van der Waals surface area contributed by atoms with Gasteiger partial charge < -0.3 is 19.0 Å². The molecule has 0 unspecified atom stereocenters. The summed E-state index contributed by atoms with van der Waals surface area (Å²) in [5.74, 6) is -1.42. The van der Waals surface area contributed by atoms with Gasteiger partial charge in [-0.1, -0.05) is 48.5 Å². The van der Waals surface area contributed by atoms with Crippen molar-refractivity contribution < 1.29 is 22.7 Å². The highest BCUT2D eigenvalue weighted by Gasteiger charge is 2.34. The van der Waals surface area contributed by atoms with Gasteiger partial charge in [0.2, 0.25) is 0 Å². The first-order valence-electron chi connectivity index (χ1n) is 15.4. The van der Waals surface area contributed by atoms with Crippen LogP contribution in [0.4, 0.5) is 14.6 Å². The van der Waals surface area contributed by atoms with E-state index in [-0.39, 0.29) is 38.2 Å². The first-order valence-corrected chi connectivity index (χ1v) is 15.7. The van der Waals surface area contributed by atoms with Crippen LogP contribution in [0.3, 0.4) is 0 Å². The highest BCUT2D eigenvalue weighted by molar-refractivity contribution is 6.37. The van der Waals surface area contributed by atoms with Crippen molar-refractivity contribution in [3.8, 4) is 23.2 Å². The number of halogens is 3. The van der Waals surface area contributed by atoms with Crippen LogP contribution in [0.2, 0.25) is 5.02 Å². The summed E-state index contributed by atoms with van der Waals surface area (Å²) in [5.41, 5.74) is 2.84. The monoisotopic (exact) mass is 656 g/mol. The molecule has 0 aliphatic carbocycles. The number of likely N-dealkylation sites (N-methyl/N-ethyl adjacent to an activating group) is 1. The van der Waals surface area contributed by atoms with Gasteiger partial charge in [-0.15, -0.1) is 0 Å². The molecular formula is C35H31ClF2N6O3. The number of hydrogen-bond donors (Lipinski definition) is 0. The Morgan fingerprint density at radius 2 is 1.94 bits per heavy atom. The van der Waals surface area contributed by atoms with E-state index in [1.54, 1.807) is 6.26 Å². The minimum absolute atomic E-state index is 0.0115. The summed E-state index contributed by atoms with van der Waals surface area (Å²) in [5, 5.41) is 13.5. The number of furan rings is 1. The molecule has 3 aromatic carbocycles. The van der Waals surface area contributed by atoms with E-state index in [1.807, 2.05) is 65.4 Å². The van der Waals surface area contributed by atoms with Crippen LogP contribution in [-0.2, 0) is 4.79 Å². The number of anilines is 1. The molecule has 2 aliphatic heterocycles. The van der Waals surface area contributed by atoms with Crippen LogP contribution >= 0.6 is 11.6 Å². The van der Waals surface area contributed by atoms with Crippen LogP contribution in [0.1, 0.15) is 12.8 Å². The molecule has 4 heterocycles. The van der Waals surface area contributed by atoms with Crippen molar-refractivity contribution in [2.45, 2.75) is 31.1 Å². The smallest absolute Gasteiger partial charge is 0.319 e. The second-order valence-electron chi connectivity index (χ2n) is 12.1. The number of nitriles is 1. The van der Waals surface area contributed by atoms with Gasteiger partial charge in [-0.05, 0) is 48.2 Å². The molecule has 2 aromatic heterocycles. The molecule has 5 aromatic rings. The van der Waals surface area contributed by atoms with Crippen molar-refractivity contribution in [3.05, 3.63) is 72.2 Å². The largest absolute Gasteiger partial charge is 0.463 e. The van der Waals surface area contributed by atoms with Crippen molar-refractivity contribution in [1.29, 1.82) is 5.26 Å². The predicted octanol–water partition coefficient (Wildman–Crippen LogP) is 6.68. The number of ether oxygens (including phenoxy) is 1. The van der Waals surface area contributed by atoms with Crippen molar-refractivity contribution in [2.75, 3.05) is 44.7 Å². The Bertz CT molecular complexity index is 2070. The average molecular weight is 657 g/mol. The standard InChI is InChI=1S/C35H31ClF2N6O3/c1-20(37)34(45)44-13-12-43(18-23(44)9-11-39)33-31-29(40-35(41-33)47-19-24-15-22(38)17-42(24)2)16-27(26-10-14-46-32(26)31)25-7-3-5-21-6-4-8-28(36)30(21)25/h3-8,10,14,16,22-24H,1,9,12-13,15,17-19H2,2H3/t22-,23+,24+/m1/s1. The lowest BCUT2D eigenvalue weighted by atomic mass is 9.94. The number of rotatable bonds is 7. The van der Waals surface area contributed by atoms with E-state index in [0.717, 1.165) is 27.3 Å². The van der Waals surface area contributed by atoms with Crippen molar-refractivity contribution in [3.63, 3.8) is 0 Å². The molecule has 1 amide bonds. The number of nitrogens with zero attached hydrogens (tertiary/aromatic N) is 6. The Hall–Kier alpha value is -4.79. The number of carbonyl (C=O) groups is 1. The molecule has 0 radical (unpaired) electrons. The van der Waals surface area contributed by atoms with Crippen LogP contribution in [0.15, 0.2) is 71.6 Å². The Morgan fingerprint density at radius 3 is 2.68 bits per heavy atom. The molecule has 0 spiro atoms. The Kier molecular flexibility index (Phi) is 8.16. The molecule has 0 N–H and O–H groups in total. The first-order chi connectivity index (χ1) is 22.7. The van der Waals surface area contributed by atoms with Gasteiger partial charge in [0.05, 0.1) is 35.7 Å². The number of amides is 1. The minimum Gasteiger partial charge on any atom is -0.463 e. The molecule has 0 saturated carbocycles. The molecule has 12 heteroatoms. The maximum absolute atomic E-state index is 14.1. The highest BCUT2D eigenvalue weighted by atomic mass is 35.5. The van der Waals surface area contributed by atoms with Crippen LogP contribution in [0, 0.1) is 11.3 Å². The minimum atomic E-state index is -1.07. The van der Waals surface area contributed by atoms with Gasteiger partial charge >= 0.3 is 6.01 Å². The number of fused-ring (bicyclic) bond motifs is 4. The molecule has 2 fully saturated rings. The van der Waals surface area contributed by atoms with E-state index in [1.165, 1.54) is 4.90 Å². The van der Waals surface area contributed by atoms with E-state index in [0.29, 0.717) is 46.8 Å². The fourth-order valence-electron chi connectivity index (χ4n) is 6.86. The molecule has 2 saturated heterocycles. The predicted molar refractivity (Wildman–Crippen MR) is 177 cm³/mol. The number of aromatic nitrogens is 2. The summed E-state index contributed by atoms with van der Waals surface area (Å²) in [6.45, 7) is 4.33. The fraction of sp³-hybridized carbons (Fsp3) is 0.314. The number of likely N-dealkylation sites (tertiary alicyclic amines) is 1. The van der Waals surface area contributed by atoms with E-state index in [9.17, 15) is 18.8 Å². The normalized spacial score (nSPS) is 20.3. The second kappa shape index (κ2) is 12.4. The second-order valence-corrected chi connectivity index (χ2v) is 12.5. The highest BCUT2D eigenvalue weighted by Crippen LogP contribution is 2.43. The lowest BCUT2D eigenvalue weighted by Crippen LogP contribution is -2.55. The zero-order chi connectivity index (χ0) is 32.8. The van der Waals surface area contributed by atoms with Crippen LogP contribution < -0.4 is 9.64 Å². The van der Waals surface area contributed by atoms with Gasteiger partial charge in [-0.2, -0.15) is 15.2 Å². The molecular weight excluding hydrogens is 626 g/mol. The number of benzene rings is 3. The van der Waals surface area contributed by atoms with Crippen molar-refractivity contribution in [1.82, 2.24) is 19.8 Å².